The van der Waals surface area contributed by atoms with Crippen LogP contribution in [0.4, 0.5) is 0 Å². The van der Waals surface area contributed by atoms with Gasteiger partial charge in [-0.15, -0.1) is 0 Å². The van der Waals surface area contributed by atoms with Gasteiger partial charge in [-0.25, -0.2) is 0 Å². The van der Waals surface area contributed by atoms with Gasteiger partial charge in [-0.3, -0.25) is 4.79 Å². The lowest BCUT2D eigenvalue weighted by Crippen LogP contribution is -2.48. The molecular weight excluding hydrogens is 763 g/mol. The molecular formula is C57H109NO4. The minimum Gasteiger partial charge on any atom is -0.394 e. The Kier molecular flexibility index (Phi) is 51.0. The molecule has 0 aromatic heterocycles. The summed E-state index contributed by atoms with van der Waals surface area (Å²) in [5.74, 6) is -0.512. The van der Waals surface area contributed by atoms with E-state index < -0.39 is 24.2 Å². The van der Waals surface area contributed by atoms with E-state index in [1.165, 1.54) is 231 Å². The Morgan fingerprint density at radius 1 is 0.387 bits per heavy atom. The summed E-state index contributed by atoms with van der Waals surface area (Å²) < 4.78 is 0. The number of aliphatic hydroxyl groups excluding tert-OH is 3. The molecule has 5 heteroatoms. The SMILES string of the molecule is CCCCCCCCCCCCCCC/C=C/CC/C=C/CC/C=C/C(O)C(CO)NC(=O)C(O)CCCCCCCCCCCCCCCCCCCCCCCCCCC. The zero-order valence-corrected chi connectivity index (χ0v) is 41.8. The van der Waals surface area contributed by atoms with Crippen LogP contribution < -0.4 is 5.32 Å². The molecule has 0 aromatic carbocycles. The Labute approximate surface area is 387 Å². The van der Waals surface area contributed by atoms with E-state index in [9.17, 15) is 20.1 Å². The van der Waals surface area contributed by atoms with Gasteiger partial charge in [0, 0.05) is 0 Å². The van der Waals surface area contributed by atoms with Crippen LogP contribution in [0.25, 0.3) is 0 Å². The summed E-state index contributed by atoms with van der Waals surface area (Å²) >= 11 is 0. The van der Waals surface area contributed by atoms with Gasteiger partial charge in [-0.2, -0.15) is 0 Å². The van der Waals surface area contributed by atoms with E-state index in [0.717, 1.165) is 44.9 Å². The summed E-state index contributed by atoms with van der Waals surface area (Å²) in [5.41, 5.74) is 0. The molecule has 0 aromatic rings. The molecule has 3 atom stereocenters. The van der Waals surface area contributed by atoms with Crippen molar-refractivity contribution in [1.82, 2.24) is 5.32 Å². The van der Waals surface area contributed by atoms with Crippen molar-refractivity contribution in [3.8, 4) is 0 Å². The van der Waals surface area contributed by atoms with Gasteiger partial charge in [0.25, 0.3) is 0 Å². The fourth-order valence-electron chi connectivity index (χ4n) is 8.63. The van der Waals surface area contributed by atoms with Crippen molar-refractivity contribution in [2.24, 2.45) is 0 Å². The molecule has 3 unspecified atom stereocenters. The summed E-state index contributed by atoms with van der Waals surface area (Å²) in [7, 11) is 0. The summed E-state index contributed by atoms with van der Waals surface area (Å²) in [5, 5.41) is 33.3. The smallest absolute Gasteiger partial charge is 0.249 e. The van der Waals surface area contributed by atoms with Crippen LogP contribution in [-0.2, 0) is 4.79 Å². The second-order valence-corrected chi connectivity index (χ2v) is 19.1. The highest BCUT2D eigenvalue weighted by molar-refractivity contribution is 5.80. The second-order valence-electron chi connectivity index (χ2n) is 19.1. The first-order chi connectivity index (χ1) is 30.6. The molecule has 0 heterocycles. The van der Waals surface area contributed by atoms with Gasteiger partial charge in [0.15, 0.2) is 0 Å². The standard InChI is InChI=1S/C57H109NO4/c1-3-5-7-9-11-13-15-17-19-21-23-25-27-28-30-32-34-36-38-40-42-44-46-48-50-52-56(61)57(62)58-54(53-59)55(60)51-49-47-45-43-41-39-37-35-33-31-29-26-24-22-20-18-16-14-12-10-8-6-4-2/h33,35,41,43,49,51,54-56,59-61H,3-32,34,36-40,42,44-48,50,52-53H2,1-2H3,(H,58,62)/b35-33+,43-41+,51-49+. The Morgan fingerprint density at radius 3 is 0.984 bits per heavy atom. The first-order valence-electron chi connectivity index (χ1n) is 27.8. The molecule has 0 rings (SSSR count). The largest absolute Gasteiger partial charge is 0.394 e. The number of aliphatic hydroxyl groups is 3. The second kappa shape index (κ2) is 52.2. The predicted octanol–water partition coefficient (Wildman–Crippen LogP) is 17.1. The van der Waals surface area contributed by atoms with Crippen molar-refractivity contribution in [1.29, 1.82) is 0 Å². The maximum absolute atomic E-state index is 12.5. The van der Waals surface area contributed by atoms with Gasteiger partial charge >= 0.3 is 0 Å². The van der Waals surface area contributed by atoms with Gasteiger partial charge in [-0.1, -0.05) is 288 Å². The number of hydrogen-bond acceptors (Lipinski definition) is 4. The van der Waals surface area contributed by atoms with Crippen molar-refractivity contribution < 1.29 is 20.1 Å². The molecule has 366 valence electrons. The Hall–Kier alpha value is -1.43. The molecule has 0 saturated heterocycles. The summed E-state index contributed by atoms with van der Waals surface area (Å²) in [6.07, 6.45) is 67.9. The van der Waals surface area contributed by atoms with Crippen molar-refractivity contribution in [2.75, 3.05) is 6.61 Å². The van der Waals surface area contributed by atoms with Gasteiger partial charge in [0.2, 0.25) is 5.91 Å². The van der Waals surface area contributed by atoms with E-state index in [2.05, 4.69) is 43.5 Å². The molecule has 1 amide bonds. The molecule has 0 saturated carbocycles. The molecule has 0 aliphatic heterocycles. The average molecular weight is 873 g/mol. The highest BCUT2D eigenvalue weighted by atomic mass is 16.3. The van der Waals surface area contributed by atoms with Crippen LogP contribution in [0.2, 0.25) is 0 Å². The number of carbonyl (C=O) groups excluding carboxylic acids is 1. The molecule has 0 aliphatic rings. The zero-order valence-electron chi connectivity index (χ0n) is 41.8. The maximum atomic E-state index is 12.5. The highest BCUT2D eigenvalue weighted by Gasteiger charge is 2.22. The fraction of sp³-hybridized carbons (Fsp3) is 0.877. The predicted molar refractivity (Wildman–Crippen MR) is 273 cm³/mol. The normalized spacial score (nSPS) is 13.6. The summed E-state index contributed by atoms with van der Waals surface area (Å²) in [6.45, 7) is 4.20. The number of unbranched alkanes of at least 4 members (excludes halogenated alkanes) is 39. The summed E-state index contributed by atoms with van der Waals surface area (Å²) in [4.78, 5) is 12.5. The number of allylic oxidation sites excluding steroid dienone is 5. The minimum absolute atomic E-state index is 0.379. The van der Waals surface area contributed by atoms with Crippen molar-refractivity contribution in [3.05, 3.63) is 36.5 Å². The monoisotopic (exact) mass is 872 g/mol. The van der Waals surface area contributed by atoms with Crippen LogP contribution in [0.15, 0.2) is 36.5 Å². The average Bonchev–Trinajstić information content (AvgIpc) is 3.28. The van der Waals surface area contributed by atoms with Crippen LogP contribution in [0.1, 0.15) is 296 Å². The molecule has 0 radical (unpaired) electrons. The maximum Gasteiger partial charge on any atom is 0.249 e. The van der Waals surface area contributed by atoms with Gasteiger partial charge < -0.3 is 20.6 Å². The number of carbonyl (C=O) groups is 1. The topological polar surface area (TPSA) is 89.8 Å². The first kappa shape index (κ1) is 60.6. The van der Waals surface area contributed by atoms with E-state index in [0.29, 0.717) is 6.42 Å². The zero-order chi connectivity index (χ0) is 45.1. The Balaban J connectivity index is 3.62. The number of nitrogens with one attached hydrogen (secondary N) is 1. The Morgan fingerprint density at radius 2 is 0.661 bits per heavy atom. The molecule has 0 bridgehead atoms. The molecule has 4 N–H and O–H groups in total. The van der Waals surface area contributed by atoms with Crippen LogP contribution in [0, 0.1) is 0 Å². The number of rotatable bonds is 51. The third kappa shape index (κ3) is 46.6. The first-order valence-corrected chi connectivity index (χ1v) is 27.8. The molecule has 0 aliphatic carbocycles. The quantitative estimate of drug-likeness (QED) is 0.0362. The lowest BCUT2D eigenvalue weighted by atomic mass is 10.0. The van der Waals surface area contributed by atoms with Crippen molar-refractivity contribution in [3.63, 3.8) is 0 Å². The summed E-state index contributed by atoms with van der Waals surface area (Å²) in [6, 6.07) is -0.820. The molecule has 62 heavy (non-hydrogen) atoms. The lowest BCUT2D eigenvalue weighted by Gasteiger charge is -2.21. The van der Waals surface area contributed by atoms with E-state index in [-0.39, 0.29) is 6.61 Å². The van der Waals surface area contributed by atoms with E-state index >= 15 is 0 Å². The van der Waals surface area contributed by atoms with E-state index in [1.54, 1.807) is 6.08 Å². The molecule has 0 fully saturated rings. The van der Waals surface area contributed by atoms with Crippen LogP contribution in [0.5, 0.6) is 0 Å². The van der Waals surface area contributed by atoms with Gasteiger partial charge in [0.05, 0.1) is 18.8 Å². The van der Waals surface area contributed by atoms with Gasteiger partial charge in [-0.05, 0) is 44.9 Å². The van der Waals surface area contributed by atoms with Crippen LogP contribution in [0.3, 0.4) is 0 Å². The van der Waals surface area contributed by atoms with Crippen LogP contribution >= 0.6 is 0 Å². The number of amides is 1. The lowest BCUT2D eigenvalue weighted by molar-refractivity contribution is -0.131. The highest BCUT2D eigenvalue weighted by Crippen LogP contribution is 2.17. The molecule has 5 nitrogen and oxygen atoms in total. The minimum atomic E-state index is -1.11. The van der Waals surface area contributed by atoms with Crippen molar-refractivity contribution in [2.45, 2.75) is 315 Å². The third-order valence-corrected chi connectivity index (χ3v) is 13.0. The molecule has 0 spiro atoms. The number of hydrogen-bond donors (Lipinski definition) is 4. The van der Waals surface area contributed by atoms with Crippen LogP contribution in [-0.4, -0.2) is 46.1 Å². The van der Waals surface area contributed by atoms with E-state index in [4.69, 9.17) is 0 Å². The van der Waals surface area contributed by atoms with Gasteiger partial charge in [0.1, 0.15) is 6.10 Å². The Bertz CT molecular complexity index is 962. The van der Waals surface area contributed by atoms with E-state index in [1.807, 2.05) is 6.08 Å². The van der Waals surface area contributed by atoms with Crippen molar-refractivity contribution >= 4 is 5.91 Å². The fourth-order valence-corrected chi connectivity index (χ4v) is 8.63. The third-order valence-electron chi connectivity index (χ3n) is 13.0.